The smallest absolute Gasteiger partial charge is 0.0335 e. The molecule has 2 nitrogen and oxygen atoms in total. The Morgan fingerprint density at radius 2 is 2.25 bits per heavy atom. The minimum absolute atomic E-state index is 0.988. The predicted molar refractivity (Wildman–Crippen MR) is 52.7 cm³/mol. The fraction of sp³-hybridized carbons (Fsp3) is 0.400. The Hall–Kier alpha value is -1.18. The van der Waals surface area contributed by atoms with Crippen molar-refractivity contribution in [3.63, 3.8) is 0 Å². The number of likely N-dealkylation sites (N-methyl/N-ethyl adjacent to an activating group) is 1. The maximum Gasteiger partial charge on any atom is 0.0335 e. The van der Waals surface area contributed by atoms with Gasteiger partial charge < -0.3 is 10.6 Å². The van der Waals surface area contributed by atoms with E-state index >= 15 is 0 Å². The summed E-state index contributed by atoms with van der Waals surface area (Å²) in [5.74, 6) is 0. The van der Waals surface area contributed by atoms with E-state index in [9.17, 15) is 0 Å². The number of hydrogen-bond acceptors (Lipinski definition) is 2. The Kier molecular flexibility index (Phi) is 3.45. The zero-order chi connectivity index (χ0) is 8.81. The van der Waals surface area contributed by atoms with E-state index in [0.29, 0.717) is 0 Å². The molecular formula is C10H16N2. The number of nitrogens with one attached hydrogen (secondary N) is 2. The minimum atomic E-state index is 0.988. The van der Waals surface area contributed by atoms with Gasteiger partial charge in [0, 0.05) is 31.4 Å². The first-order chi connectivity index (χ1) is 5.86. The third-order valence-corrected chi connectivity index (χ3v) is 1.79. The average Bonchev–Trinajstić information content (AvgIpc) is 2.31. The number of rotatable bonds is 3. The number of allylic oxidation sites excluding steroid dienone is 4. The molecule has 1 aliphatic rings. The molecule has 0 amide bonds. The summed E-state index contributed by atoms with van der Waals surface area (Å²) in [4.78, 5) is 0. The van der Waals surface area contributed by atoms with Crippen molar-refractivity contribution in [1.82, 2.24) is 10.6 Å². The second-order valence-corrected chi connectivity index (χ2v) is 2.70. The van der Waals surface area contributed by atoms with Crippen LogP contribution in [0.15, 0.2) is 35.7 Å². The topological polar surface area (TPSA) is 24.1 Å². The van der Waals surface area contributed by atoms with Crippen LogP contribution >= 0.6 is 0 Å². The van der Waals surface area contributed by atoms with E-state index < -0.39 is 0 Å². The number of hydrogen-bond donors (Lipinski definition) is 2. The molecule has 0 unspecified atom stereocenters. The van der Waals surface area contributed by atoms with E-state index in [1.54, 1.807) is 0 Å². The summed E-state index contributed by atoms with van der Waals surface area (Å²) >= 11 is 0. The minimum Gasteiger partial charge on any atom is -0.388 e. The quantitative estimate of drug-likeness (QED) is 0.661. The first kappa shape index (κ1) is 8.91. The Morgan fingerprint density at radius 3 is 2.92 bits per heavy atom. The lowest BCUT2D eigenvalue weighted by atomic mass is 10.3. The van der Waals surface area contributed by atoms with Gasteiger partial charge in [-0.2, -0.15) is 0 Å². The van der Waals surface area contributed by atoms with Crippen LogP contribution in [0.1, 0.15) is 13.3 Å². The molecule has 0 aliphatic heterocycles. The fourth-order valence-electron chi connectivity index (χ4n) is 1.15. The second-order valence-electron chi connectivity index (χ2n) is 2.70. The molecule has 2 N–H and O–H groups in total. The molecule has 0 aromatic rings. The van der Waals surface area contributed by atoms with Crippen LogP contribution in [0.25, 0.3) is 0 Å². The highest BCUT2D eigenvalue weighted by Gasteiger charge is 1.95. The van der Waals surface area contributed by atoms with Gasteiger partial charge in [-0.15, -0.1) is 0 Å². The van der Waals surface area contributed by atoms with Gasteiger partial charge in [-0.25, -0.2) is 0 Å². The van der Waals surface area contributed by atoms with Gasteiger partial charge in [0.25, 0.3) is 0 Å². The molecule has 0 aromatic heterocycles. The summed E-state index contributed by atoms with van der Waals surface area (Å²) in [5, 5.41) is 6.42. The molecule has 0 aromatic carbocycles. The van der Waals surface area contributed by atoms with Gasteiger partial charge in [0.1, 0.15) is 0 Å². The predicted octanol–water partition coefficient (Wildman–Crippen LogP) is 1.54. The van der Waals surface area contributed by atoms with Crippen LogP contribution in [-0.4, -0.2) is 13.6 Å². The molecule has 0 saturated carbocycles. The highest BCUT2D eigenvalue weighted by molar-refractivity contribution is 5.28. The molecule has 66 valence electrons. The summed E-state index contributed by atoms with van der Waals surface area (Å²) in [6.45, 7) is 3.10. The van der Waals surface area contributed by atoms with Crippen LogP contribution < -0.4 is 10.6 Å². The first-order valence-corrected chi connectivity index (χ1v) is 4.36. The normalized spacial score (nSPS) is 16.2. The van der Waals surface area contributed by atoms with Gasteiger partial charge >= 0.3 is 0 Å². The summed E-state index contributed by atoms with van der Waals surface area (Å²) in [6, 6.07) is 0. The van der Waals surface area contributed by atoms with E-state index in [2.05, 4.69) is 41.9 Å². The van der Waals surface area contributed by atoms with Crippen molar-refractivity contribution in [2.45, 2.75) is 13.3 Å². The van der Waals surface area contributed by atoms with Gasteiger partial charge in [-0.3, -0.25) is 0 Å². The third kappa shape index (κ3) is 2.46. The molecule has 1 aliphatic carbocycles. The zero-order valence-corrected chi connectivity index (χ0v) is 7.72. The lowest BCUT2D eigenvalue weighted by Gasteiger charge is -2.03. The molecule has 0 atom stereocenters. The van der Waals surface area contributed by atoms with Crippen molar-refractivity contribution in [2.75, 3.05) is 13.6 Å². The SMILES string of the molecule is CCNC1=CC=C(NC)C=CC1. The molecule has 0 saturated heterocycles. The van der Waals surface area contributed by atoms with Crippen LogP contribution in [0.3, 0.4) is 0 Å². The van der Waals surface area contributed by atoms with Gasteiger partial charge in [-0.05, 0) is 25.2 Å². The van der Waals surface area contributed by atoms with E-state index in [4.69, 9.17) is 0 Å². The Bertz CT molecular complexity index is 224. The van der Waals surface area contributed by atoms with Gasteiger partial charge in [0.05, 0.1) is 0 Å². The monoisotopic (exact) mass is 164 g/mol. The van der Waals surface area contributed by atoms with E-state index in [-0.39, 0.29) is 0 Å². The molecular weight excluding hydrogens is 148 g/mol. The third-order valence-electron chi connectivity index (χ3n) is 1.79. The van der Waals surface area contributed by atoms with Crippen LogP contribution in [0, 0.1) is 0 Å². The summed E-state index contributed by atoms with van der Waals surface area (Å²) < 4.78 is 0. The van der Waals surface area contributed by atoms with Crippen LogP contribution in [0.5, 0.6) is 0 Å². The molecule has 0 heterocycles. The standard InChI is InChI=1S/C10H16N2/c1-3-12-10-6-4-5-9(11-2)7-8-10/h4-5,7-8,11-12H,3,6H2,1-2H3. The van der Waals surface area contributed by atoms with Crippen molar-refractivity contribution >= 4 is 0 Å². The van der Waals surface area contributed by atoms with Crippen molar-refractivity contribution in [3.8, 4) is 0 Å². The van der Waals surface area contributed by atoms with Gasteiger partial charge in [0.15, 0.2) is 0 Å². The molecule has 0 spiro atoms. The van der Waals surface area contributed by atoms with Gasteiger partial charge in [0.2, 0.25) is 0 Å². The Morgan fingerprint density at radius 1 is 1.42 bits per heavy atom. The zero-order valence-electron chi connectivity index (χ0n) is 7.72. The fourth-order valence-corrected chi connectivity index (χ4v) is 1.15. The van der Waals surface area contributed by atoms with Crippen molar-refractivity contribution < 1.29 is 0 Å². The average molecular weight is 164 g/mol. The first-order valence-electron chi connectivity index (χ1n) is 4.36. The van der Waals surface area contributed by atoms with Crippen molar-refractivity contribution in [2.24, 2.45) is 0 Å². The van der Waals surface area contributed by atoms with Crippen LogP contribution in [0.2, 0.25) is 0 Å². The molecule has 0 radical (unpaired) electrons. The summed E-state index contributed by atoms with van der Waals surface area (Å²) in [5.41, 5.74) is 2.43. The van der Waals surface area contributed by atoms with E-state index in [1.807, 2.05) is 7.05 Å². The van der Waals surface area contributed by atoms with Crippen molar-refractivity contribution in [1.29, 1.82) is 0 Å². The van der Waals surface area contributed by atoms with Crippen LogP contribution in [-0.2, 0) is 0 Å². The lowest BCUT2D eigenvalue weighted by Crippen LogP contribution is -2.10. The summed E-state index contributed by atoms with van der Waals surface area (Å²) in [7, 11) is 1.93. The van der Waals surface area contributed by atoms with Crippen molar-refractivity contribution in [3.05, 3.63) is 35.7 Å². The Labute approximate surface area is 74.0 Å². The second kappa shape index (κ2) is 4.65. The van der Waals surface area contributed by atoms with Crippen LogP contribution in [0.4, 0.5) is 0 Å². The highest BCUT2D eigenvalue weighted by Crippen LogP contribution is 2.06. The molecule has 0 fully saturated rings. The van der Waals surface area contributed by atoms with E-state index in [1.165, 1.54) is 5.70 Å². The van der Waals surface area contributed by atoms with E-state index in [0.717, 1.165) is 18.7 Å². The van der Waals surface area contributed by atoms with Gasteiger partial charge in [-0.1, -0.05) is 6.08 Å². The molecule has 0 bridgehead atoms. The molecule has 1 rings (SSSR count). The summed E-state index contributed by atoms with van der Waals surface area (Å²) in [6.07, 6.45) is 9.46. The molecule has 2 heteroatoms. The largest absolute Gasteiger partial charge is 0.388 e. The Balaban J connectivity index is 2.63. The highest BCUT2D eigenvalue weighted by atomic mass is 14.9. The lowest BCUT2D eigenvalue weighted by molar-refractivity contribution is 0.828. The molecule has 12 heavy (non-hydrogen) atoms. The maximum absolute atomic E-state index is 3.31. The maximum atomic E-state index is 3.31.